The summed E-state index contributed by atoms with van der Waals surface area (Å²) in [6.07, 6.45) is -32.0. The summed E-state index contributed by atoms with van der Waals surface area (Å²) < 4.78 is 238. The Kier molecular flexibility index (Phi) is 43.9. The second-order valence-electron chi connectivity index (χ2n) is 25.9. The quantitative estimate of drug-likeness (QED) is 0.0179. The number of nitrogens with zero attached hydrogens (tertiary/aromatic N) is 2. The summed E-state index contributed by atoms with van der Waals surface area (Å²) in [5, 5.41) is 98.3. The average molecular weight is 2110 g/mol. The molecule has 0 bridgehead atoms. The highest BCUT2D eigenvalue weighted by atomic mass is 35.9. The van der Waals surface area contributed by atoms with Crippen molar-refractivity contribution >= 4 is 129 Å². The molecule has 58 nitrogen and oxygen atoms in total. The van der Waals surface area contributed by atoms with Gasteiger partial charge in [-0.1, -0.05) is 60.8 Å². The number of phosphoric acid groups is 6. The fourth-order valence-corrected chi connectivity index (χ4v) is 17.6. The second kappa shape index (κ2) is 48.7. The number of carbonyl (C=O) groups is 7. The number of nitrogens with two attached hydrogens (primary N) is 1. The molecule has 132 heavy (non-hydrogen) atoms. The Morgan fingerprint density at radius 3 is 1.07 bits per heavy atom. The van der Waals surface area contributed by atoms with Gasteiger partial charge in [0.15, 0.2) is 12.5 Å². The Hall–Kier alpha value is -7.19. The Bertz CT molecular complexity index is 5280. The lowest BCUT2D eigenvalue weighted by Crippen LogP contribution is -2.47. The van der Waals surface area contributed by atoms with Crippen LogP contribution in [-0.4, -0.2) is 308 Å². The maximum absolute atomic E-state index is 12.3. The Balaban J connectivity index is 0.000000455. The van der Waals surface area contributed by atoms with Crippen LogP contribution in [0.4, 0.5) is 39.5 Å². The number of rotatable bonds is 33. The first kappa shape index (κ1) is 119. The van der Waals surface area contributed by atoms with E-state index >= 15 is 0 Å². The molecule has 8 rings (SSSR count). The summed E-state index contributed by atoms with van der Waals surface area (Å²) in [5.74, 6) is -13.0. The zero-order chi connectivity index (χ0) is 99.1. The van der Waals surface area contributed by atoms with Gasteiger partial charge in [0.25, 0.3) is 22.9 Å². The van der Waals surface area contributed by atoms with Gasteiger partial charge in [-0.3, -0.25) is 86.5 Å². The largest absolute Gasteiger partial charge is 0.490 e. The molecule has 6 aliphatic heterocycles. The highest BCUT2D eigenvalue weighted by Gasteiger charge is 2.54. The van der Waals surface area contributed by atoms with Gasteiger partial charge in [0.05, 0.1) is 49.4 Å². The van der Waals surface area contributed by atoms with Gasteiger partial charge in [0, 0.05) is 49.7 Å². The van der Waals surface area contributed by atoms with Crippen LogP contribution in [0.3, 0.4) is 0 Å². The average Bonchev–Trinajstić information content (AvgIpc) is 1.64. The van der Waals surface area contributed by atoms with Crippen LogP contribution in [0.2, 0.25) is 0 Å². The van der Waals surface area contributed by atoms with Crippen LogP contribution in [0.5, 0.6) is 0 Å². The number of amides is 7. The fourth-order valence-electron chi connectivity index (χ4n) is 10.8. The Morgan fingerprint density at radius 1 is 0.455 bits per heavy atom. The molecule has 0 aliphatic carbocycles. The maximum Gasteiger partial charge on any atom is 0.490 e. The molecule has 31 N–H and O–H groups in total. The normalized spacial score (nSPS) is 27.9. The van der Waals surface area contributed by atoms with Crippen molar-refractivity contribution in [3.05, 3.63) is 125 Å². The van der Waals surface area contributed by atoms with E-state index < -0.39 is 291 Å². The third kappa shape index (κ3) is 36.4. The van der Waals surface area contributed by atoms with Crippen LogP contribution in [0.1, 0.15) is 23.6 Å². The topological polar surface area (TPSA) is 947 Å². The zero-order valence-electron chi connectivity index (χ0n) is 64.9. The monoisotopic (exact) mass is 2110 g/mol. The molecule has 750 valence electrons. The smallest absolute Gasteiger partial charge is 0.412 e. The van der Waals surface area contributed by atoms with E-state index in [9.17, 15) is 175 Å². The molecule has 2 aromatic heterocycles. The van der Waals surface area contributed by atoms with E-state index in [-0.39, 0.29) is 40.4 Å². The van der Waals surface area contributed by atoms with Gasteiger partial charge in [0.2, 0.25) is 11.8 Å². The van der Waals surface area contributed by atoms with Crippen molar-refractivity contribution in [1.82, 2.24) is 51.8 Å². The molecular formula is C56H77Cl2F9N11O47P7. The molecule has 0 radical (unpaired) electrons. The predicted molar refractivity (Wildman–Crippen MR) is 409 cm³/mol. The van der Waals surface area contributed by atoms with E-state index in [1.165, 1.54) is 23.5 Å². The van der Waals surface area contributed by atoms with E-state index in [0.717, 1.165) is 59.5 Å². The van der Waals surface area contributed by atoms with Gasteiger partial charge in [-0.05, 0) is 22.5 Å². The lowest BCUT2D eigenvalue weighted by Gasteiger charge is -2.26. The number of hydrogen-bond acceptors (Lipinski definition) is 40. The second-order valence-corrected chi connectivity index (χ2v) is 39.0. The van der Waals surface area contributed by atoms with Crippen molar-refractivity contribution in [3.8, 4) is 0 Å². The third-order valence-corrected chi connectivity index (χ3v) is 25.1. The number of carbonyl (C=O) groups excluding carboxylic acids is 7. The minimum atomic E-state index is -5.84. The van der Waals surface area contributed by atoms with Crippen molar-refractivity contribution in [1.29, 1.82) is 0 Å². The Morgan fingerprint density at radius 2 is 0.758 bits per heavy atom. The molecule has 76 heteroatoms. The number of phosphoric ester groups is 2. The summed E-state index contributed by atoms with van der Waals surface area (Å²) >= 11 is 10.5. The molecule has 6 aliphatic rings. The van der Waals surface area contributed by atoms with Crippen molar-refractivity contribution in [3.63, 3.8) is 0 Å². The number of nitrogens with one attached hydrogen (secondary N) is 7. The lowest BCUT2D eigenvalue weighted by molar-refractivity contribution is -0.173. The summed E-state index contributed by atoms with van der Waals surface area (Å²) in [6, 6.07) is 0. The summed E-state index contributed by atoms with van der Waals surface area (Å²) in [4.78, 5) is 203. The van der Waals surface area contributed by atoms with Crippen molar-refractivity contribution in [2.75, 3.05) is 52.6 Å². The SMILES string of the molecule is N.NC/C=C/C1=CC([C@@H]2O[C@H](COP(=O)(O)OP(=O)(O)OP(=O)(O)O)[C@H](O)C2O)C(=O)NC1=O.O.O=C(NC/C=C/c1cn([C@@H]2O[C@H](CO)[C@H](O)C2O)c(=O)[nH]c1=O)C(F)(F)F.O=C(NC/C=C/c1cn([C@@H]2O[C@H](COP(=O)(Cl)Cl)[C@H](O)C2O)c(=O)[nH]c1=O)C(F)(F)F.O=C1NC(=O)C([C@@H]2O[C@H](COP(=O)(O)OP(=O)(O)OP(=O)(O)O)[C@H](O)C2O)C=C1/C=C/CNC(=O)C(F)(F)F. The van der Waals surface area contributed by atoms with Crippen LogP contribution in [-0.2, 0) is 115 Å². The summed E-state index contributed by atoms with van der Waals surface area (Å²) in [6.45, 7) is -5.12. The number of imide groups is 2. The van der Waals surface area contributed by atoms with E-state index in [4.69, 9.17) is 81.6 Å². The molecule has 22 atom stereocenters. The minimum absolute atomic E-state index is 0. The first-order chi connectivity index (χ1) is 59.4. The first-order valence-electron chi connectivity index (χ1n) is 34.6. The standard InChI is InChI=1S/C15H20F3N2O16P3.C14H15Cl2F3N3O8P.C14H16F3N3O7.C13H21N2O15P3.H3N.H2O/c16-15(17,18)14(25)19-3-1-2-6-4-7(13(24)20-12(6)23)11-10(22)9(21)8(34-11)5-33-38(29,30)36-39(31,32)35-37(26,27)28;15-31(16,28)29-5-7-8(23)9(24)11(30-7)22-4-6(10(25)21-13(22)27)2-1-3-20-12(26)14(17,18)19;15-14(16,17)12(25)18-3-1-2-6-4-20(13(26)19-10(6)24)11-9(23)8(22)7(5-21)27-11;14-3-1-2-6-4-7(13(19)15-12(6)18)11-10(17)9(16)8(28-11)5-27-32(23,24)30-33(25,26)29-31(20,21)22;;/h1-2,4,7-11,21-22H,3,5H2,(H,19,25)(H,29,30)(H,31,32)(H,20,23,24)(H2,26,27,28);1-2,4,7-9,11,23-24H,3,5H2,(H,20,26)(H,21,25,27);1-2,4,7-9,11,21-23H,3,5H2,(H,18,25)(H,19,24,26);1-2,4,7-11,16-17H,3,5,14H2,(H,23,24)(H,25,26)(H,15,18,19)(H2,20,21,22);1H3;1H2/b4*2-1+;;/t7?,8-,9+,10?,11+;2*7-,8+,9?,11-;7?,8-,9+,10?,11+;;/m1111../s1. The van der Waals surface area contributed by atoms with Crippen LogP contribution >= 0.6 is 75.5 Å². The molecule has 0 saturated carbocycles. The number of aliphatic hydroxyl groups excluding tert-OH is 9. The number of aliphatic hydroxyl groups is 9. The van der Waals surface area contributed by atoms with E-state index in [2.05, 4.69) is 30.8 Å². The fraction of sp³-hybridized carbons (Fsp3) is 0.518. The zero-order valence-corrected chi connectivity index (χ0v) is 72.7. The number of halogens is 11. The van der Waals surface area contributed by atoms with E-state index in [1.807, 2.05) is 20.6 Å². The highest BCUT2D eigenvalue weighted by Crippen LogP contribution is 2.68. The summed E-state index contributed by atoms with van der Waals surface area (Å²) in [7, 11) is -33.9. The number of ether oxygens (including phenoxy) is 4. The molecule has 0 aromatic carbocycles. The van der Waals surface area contributed by atoms with Gasteiger partial charge in [-0.15, -0.1) is 0 Å². The van der Waals surface area contributed by atoms with Crippen LogP contribution in [0, 0.1) is 11.8 Å². The molecule has 0 spiro atoms. The predicted octanol–water partition coefficient (Wildman–Crippen LogP) is -6.59. The summed E-state index contributed by atoms with van der Waals surface area (Å²) in [5.41, 5.74) is 0.788. The van der Waals surface area contributed by atoms with Crippen molar-refractivity contribution < 1.29 is 245 Å². The van der Waals surface area contributed by atoms with Crippen molar-refractivity contribution in [2.24, 2.45) is 17.6 Å². The van der Waals surface area contributed by atoms with Gasteiger partial charge < -0.3 is 142 Å². The van der Waals surface area contributed by atoms with Gasteiger partial charge in [0.1, 0.15) is 85.5 Å². The van der Waals surface area contributed by atoms with Crippen LogP contribution < -0.4 is 61.0 Å². The highest BCUT2D eigenvalue weighted by molar-refractivity contribution is 8.05. The lowest BCUT2D eigenvalue weighted by atomic mass is 9.90. The van der Waals surface area contributed by atoms with Gasteiger partial charge >= 0.3 is 101 Å². The third-order valence-electron chi connectivity index (χ3n) is 16.5. The molecule has 7 amide bonds. The van der Waals surface area contributed by atoms with Gasteiger partial charge in [-0.2, -0.15) is 56.8 Å². The van der Waals surface area contributed by atoms with E-state index in [0.29, 0.717) is 4.57 Å². The van der Waals surface area contributed by atoms with Gasteiger partial charge in [-0.25, -0.2) is 37.0 Å². The number of aromatic amines is 2. The first-order valence-corrected chi connectivity index (χ1v) is 47.0. The van der Waals surface area contributed by atoms with Crippen LogP contribution in [0.25, 0.3) is 12.2 Å². The molecular weight excluding hydrogens is 2040 g/mol. The molecule has 4 fully saturated rings. The van der Waals surface area contributed by atoms with Crippen molar-refractivity contribution in [2.45, 2.75) is 116 Å². The molecule has 10 unspecified atom stereocenters. The van der Waals surface area contributed by atoms with Crippen LogP contribution in [0.15, 0.2) is 91.3 Å². The molecule has 8 heterocycles. The number of hydrogen-bond donors (Lipinski definition) is 26. The number of alkyl halides is 9. The maximum atomic E-state index is 12.3. The van der Waals surface area contributed by atoms with E-state index in [1.54, 1.807) is 10.6 Å². The minimum Gasteiger partial charge on any atom is -0.412 e. The Labute approximate surface area is 735 Å². The number of aromatic nitrogens is 4. The molecule has 4 saturated heterocycles. The number of H-pyrrole nitrogens is 2. The molecule has 2 aromatic rings.